The lowest BCUT2D eigenvalue weighted by Gasteiger charge is -2.19. The van der Waals surface area contributed by atoms with E-state index in [0.717, 1.165) is 72.1 Å². The fourth-order valence-electron chi connectivity index (χ4n) is 5.66. The summed E-state index contributed by atoms with van der Waals surface area (Å²) in [6.45, 7) is 2.15. The van der Waals surface area contributed by atoms with Crippen LogP contribution in [0.25, 0.3) is 22.2 Å². The Morgan fingerprint density at radius 2 is 1.39 bits per heavy atom. The van der Waals surface area contributed by atoms with Crippen LogP contribution in [0.15, 0.2) is 97.1 Å². The molecule has 4 aromatic carbocycles. The van der Waals surface area contributed by atoms with Crippen molar-refractivity contribution >= 4 is 28.3 Å². The van der Waals surface area contributed by atoms with Crippen molar-refractivity contribution < 1.29 is 9.59 Å². The molecule has 6 heteroatoms. The maximum absolute atomic E-state index is 13.7. The Balaban J connectivity index is 1.05. The van der Waals surface area contributed by atoms with Gasteiger partial charge in [-0.2, -0.15) is 5.10 Å². The maximum Gasteiger partial charge on any atom is 0.251 e. The van der Waals surface area contributed by atoms with E-state index in [1.54, 1.807) is 0 Å². The van der Waals surface area contributed by atoms with Gasteiger partial charge in [0.2, 0.25) is 0 Å². The minimum Gasteiger partial charge on any atom is -0.384 e. The molecule has 0 spiro atoms. The molecule has 206 valence electrons. The Hall–Kier alpha value is -4.71. The normalized spacial score (nSPS) is 11.9. The van der Waals surface area contributed by atoms with Crippen molar-refractivity contribution in [3.8, 4) is 11.3 Å². The van der Waals surface area contributed by atoms with Crippen LogP contribution in [0.3, 0.4) is 0 Å². The number of hydrogen-bond acceptors (Lipinski definition) is 4. The zero-order chi connectivity index (χ0) is 28.0. The lowest BCUT2D eigenvalue weighted by atomic mass is 9.86. The Morgan fingerprint density at radius 1 is 0.707 bits per heavy atom. The largest absolute Gasteiger partial charge is 0.384 e. The van der Waals surface area contributed by atoms with Gasteiger partial charge in [-0.3, -0.25) is 14.3 Å². The monoisotopic (exact) mass is 542 g/mol. The fraction of sp³-hybridized carbons (Fsp3) is 0.229. The molecule has 0 unspecified atom stereocenters. The number of anilines is 1. The number of nitrogens with zero attached hydrogens (tertiary/aromatic N) is 2. The van der Waals surface area contributed by atoms with Gasteiger partial charge in [-0.25, -0.2) is 0 Å². The predicted octanol–water partition coefficient (Wildman–Crippen LogP) is 7.09. The molecule has 1 aromatic heterocycles. The first-order valence-electron chi connectivity index (χ1n) is 14.5. The minimum atomic E-state index is -0.0122. The standard InChI is InChI=1S/C35H34N4O2/c40-34-28-19-13-21-30-32(28)33(38-39(30)24-25-14-6-4-7-15-25)27-18-12-20-29(31(27)34)36-22-10-2-1-3-11-23-37-35(41)26-16-8-5-9-17-26/h4-9,12-21,36H,1-3,10-11,22-24H2,(H,37,41). The first-order valence-corrected chi connectivity index (χ1v) is 14.5. The Bertz CT molecular complexity index is 1680. The van der Waals surface area contributed by atoms with E-state index in [-0.39, 0.29) is 11.7 Å². The zero-order valence-electron chi connectivity index (χ0n) is 23.1. The predicted molar refractivity (Wildman–Crippen MR) is 164 cm³/mol. The van der Waals surface area contributed by atoms with Gasteiger partial charge in [0.1, 0.15) is 5.69 Å². The molecule has 6 rings (SSSR count). The number of unbranched alkanes of at least 4 members (excludes halogenated alkanes) is 4. The molecule has 1 heterocycles. The Labute approximate surface area is 240 Å². The molecule has 0 atom stereocenters. The highest BCUT2D eigenvalue weighted by atomic mass is 16.1. The molecular formula is C35H34N4O2. The number of rotatable bonds is 12. The van der Waals surface area contributed by atoms with Crippen molar-refractivity contribution in [1.29, 1.82) is 0 Å². The van der Waals surface area contributed by atoms with Gasteiger partial charge < -0.3 is 10.6 Å². The number of carbonyl (C=O) groups is 2. The summed E-state index contributed by atoms with van der Waals surface area (Å²) in [5, 5.41) is 12.5. The van der Waals surface area contributed by atoms with Crippen LogP contribution < -0.4 is 10.6 Å². The molecule has 0 aliphatic heterocycles. The highest BCUT2D eigenvalue weighted by Gasteiger charge is 2.30. The number of benzene rings is 4. The second-order valence-corrected chi connectivity index (χ2v) is 10.6. The van der Waals surface area contributed by atoms with Gasteiger partial charge in [0, 0.05) is 40.9 Å². The van der Waals surface area contributed by atoms with Crippen LogP contribution in [-0.2, 0) is 6.54 Å². The first kappa shape index (κ1) is 26.5. The molecule has 0 saturated carbocycles. The Kier molecular flexibility index (Phi) is 7.90. The van der Waals surface area contributed by atoms with Crippen molar-refractivity contribution in [3.63, 3.8) is 0 Å². The number of aromatic nitrogens is 2. The average molecular weight is 543 g/mol. The number of nitrogens with one attached hydrogen (secondary N) is 2. The van der Waals surface area contributed by atoms with Gasteiger partial charge in [0.15, 0.2) is 5.78 Å². The second-order valence-electron chi connectivity index (χ2n) is 10.6. The smallest absolute Gasteiger partial charge is 0.251 e. The maximum atomic E-state index is 13.7. The van der Waals surface area contributed by atoms with E-state index in [0.29, 0.717) is 24.2 Å². The van der Waals surface area contributed by atoms with Gasteiger partial charge in [-0.1, -0.05) is 92.1 Å². The molecule has 2 N–H and O–H groups in total. The molecule has 1 amide bonds. The third-order valence-electron chi connectivity index (χ3n) is 7.74. The molecule has 6 nitrogen and oxygen atoms in total. The van der Waals surface area contributed by atoms with Gasteiger partial charge >= 0.3 is 0 Å². The van der Waals surface area contributed by atoms with Gasteiger partial charge in [0.05, 0.1) is 17.6 Å². The lowest BCUT2D eigenvalue weighted by Crippen LogP contribution is -2.24. The molecule has 1 aliphatic rings. The fourth-order valence-corrected chi connectivity index (χ4v) is 5.66. The first-order chi connectivity index (χ1) is 20.2. The molecule has 1 aliphatic carbocycles. The van der Waals surface area contributed by atoms with Crippen LogP contribution >= 0.6 is 0 Å². The van der Waals surface area contributed by atoms with Crippen molar-refractivity contribution in [2.24, 2.45) is 0 Å². The van der Waals surface area contributed by atoms with Crippen LogP contribution in [0, 0.1) is 0 Å². The highest BCUT2D eigenvalue weighted by Crippen LogP contribution is 2.41. The van der Waals surface area contributed by atoms with Crippen molar-refractivity contribution in [1.82, 2.24) is 15.1 Å². The van der Waals surface area contributed by atoms with E-state index in [1.165, 1.54) is 5.56 Å². The molecule has 0 saturated heterocycles. The van der Waals surface area contributed by atoms with Crippen LogP contribution in [0.5, 0.6) is 0 Å². The molecule has 0 bridgehead atoms. The summed E-state index contributed by atoms with van der Waals surface area (Å²) in [6, 6.07) is 31.6. The zero-order valence-corrected chi connectivity index (χ0v) is 23.1. The summed E-state index contributed by atoms with van der Waals surface area (Å²) in [6.07, 6.45) is 5.26. The number of hydrogen-bond donors (Lipinski definition) is 2. The quantitative estimate of drug-likeness (QED) is 0.162. The summed E-state index contributed by atoms with van der Waals surface area (Å²) in [7, 11) is 0. The van der Waals surface area contributed by atoms with Crippen LogP contribution in [0.2, 0.25) is 0 Å². The van der Waals surface area contributed by atoms with Crippen LogP contribution in [0.4, 0.5) is 5.69 Å². The summed E-state index contributed by atoms with van der Waals surface area (Å²) in [5.41, 5.74) is 6.94. The number of amides is 1. The summed E-state index contributed by atoms with van der Waals surface area (Å²) in [5.74, 6) is 0.0415. The van der Waals surface area contributed by atoms with Crippen molar-refractivity contribution in [2.75, 3.05) is 18.4 Å². The van der Waals surface area contributed by atoms with E-state index in [1.807, 2.05) is 83.5 Å². The Morgan fingerprint density at radius 3 is 2.20 bits per heavy atom. The molecule has 0 fully saturated rings. The highest BCUT2D eigenvalue weighted by molar-refractivity contribution is 6.27. The molecular weight excluding hydrogens is 508 g/mol. The van der Waals surface area contributed by atoms with E-state index < -0.39 is 0 Å². The number of fused-ring (bicyclic) bond motifs is 2. The third kappa shape index (κ3) is 5.64. The summed E-state index contributed by atoms with van der Waals surface area (Å²) < 4.78 is 2.01. The van der Waals surface area contributed by atoms with Crippen LogP contribution in [0.1, 0.15) is 63.9 Å². The van der Waals surface area contributed by atoms with E-state index >= 15 is 0 Å². The average Bonchev–Trinajstić information content (AvgIpc) is 3.38. The number of carbonyl (C=O) groups excluding carboxylic acids is 2. The molecule has 0 radical (unpaired) electrons. The minimum absolute atomic E-state index is 0.0122. The topological polar surface area (TPSA) is 76.0 Å². The van der Waals surface area contributed by atoms with Crippen LogP contribution in [-0.4, -0.2) is 34.6 Å². The van der Waals surface area contributed by atoms with Gasteiger partial charge in [-0.05, 0) is 42.7 Å². The van der Waals surface area contributed by atoms with E-state index in [9.17, 15) is 9.59 Å². The van der Waals surface area contributed by atoms with Crippen molar-refractivity contribution in [2.45, 2.75) is 38.6 Å². The molecule has 41 heavy (non-hydrogen) atoms. The van der Waals surface area contributed by atoms with Crippen molar-refractivity contribution in [3.05, 3.63) is 119 Å². The SMILES string of the molecule is O=C(NCCCCCCCNc1cccc2c1C(=O)c1cccc3c1c-2nn3Cc1ccccc1)c1ccccc1. The lowest BCUT2D eigenvalue weighted by molar-refractivity contribution is 0.0952. The summed E-state index contributed by atoms with van der Waals surface area (Å²) >= 11 is 0. The van der Waals surface area contributed by atoms with Gasteiger partial charge in [-0.15, -0.1) is 0 Å². The van der Waals surface area contributed by atoms with E-state index in [4.69, 9.17) is 5.10 Å². The summed E-state index contributed by atoms with van der Waals surface area (Å²) in [4.78, 5) is 25.9. The van der Waals surface area contributed by atoms with E-state index in [2.05, 4.69) is 28.8 Å². The second kappa shape index (κ2) is 12.2. The number of ketones is 1. The van der Waals surface area contributed by atoms with Gasteiger partial charge in [0.25, 0.3) is 5.91 Å². The molecule has 5 aromatic rings. The third-order valence-corrected chi connectivity index (χ3v) is 7.74.